The van der Waals surface area contributed by atoms with Crippen molar-refractivity contribution in [1.82, 2.24) is 24.1 Å². The minimum atomic E-state index is -0.509. The lowest BCUT2D eigenvalue weighted by atomic mass is 10.2. The summed E-state index contributed by atoms with van der Waals surface area (Å²) in [7, 11) is 2.90. The van der Waals surface area contributed by atoms with Crippen molar-refractivity contribution < 1.29 is 4.79 Å². The molecule has 0 atom stereocenters. The highest BCUT2D eigenvalue weighted by atomic mass is 79.9. The molecule has 10 heteroatoms. The number of carbonyl (C=O) groups is 1. The molecule has 0 aliphatic rings. The van der Waals surface area contributed by atoms with E-state index in [9.17, 15) is 14.4 Å². The molecule has 9 nitrogen and oxygen atoms in total. The first-order valence-electron chi connectivity index (χ1n) is 7.57. The van der Waals surface area contributed by atoms with Gasteiger partial charge in [-0.2, -0.15) is 5.10 Å². The number of aryl methyl sites for hydroxylation is 1. The Morgan fingerprint density at radius 3 is 2.73 bits per heavy atom. The van der Waals surface area contributed by atoms with Gasteiger partial charge in [0, 0.05) is 24.1 Å². The minimum absolute atomic E-state index is 0.156. The predicted molar refractivity (Wildman–Crippen MR) is 100 cm³/mol. The first kappa shape index (κ1) is 17.8. The molecule has 1 amide bonds. The molecule has 0 radical (unpaired) electrons. The molecule has 2 aromatic heterocycles. The molecule has 3 rings (SSSR count). The van der Waals surface area contributed by atoms with Crippen LogP contribution >= 0.6 is 15.9 Å². The van der Waals surface area contributed by atoms with Gasteiger partial charge in [0.1, 0.15) is 6.54 Å². The zero-order chi connectivity index (χ0) is 18.8. The zero-order valence-electron chi connectivity index (χ0n) is 14.0. The standard InChI is InChI=1S/C16H15BrN6O3/c1-21-14-13(15(25)22(2)16(21)26)23(9-18-14)8-12(24)20-19-7-10-5-3-4-6-11(10)17/h3-7,9H,8H2,1-2H3,(H,20,24)/b19-7+. The molecule has 1 N–H and O–H groups in total. The van der Waals surface area contributed by atoms with E-state index < -0.39 is 17.2 Å². The summed E-state index contributed by atoms with van der Waals surface area (Å²) >= 11 is 3.39. The Kier molecular flexibility index (Phi) is 4.85. The fourth-order valence-corrected chi connectivity index (χ4v) is 2.85. The molecular weight excluding hydrogens is 404 g/mol. The lowest BCUT2D eigenvalue weighted by Gasteiger charge is -2.06. The zero-order valence-corrected chi connectivity index (χ0v) is 15.6. The third kappa shape index (κ3) is 3.23. The van der Waals surface area contributed by atoms with E-state index in [1.165, 1.54) is 35.8 Å². The number of hydrazone groups is 1. The van der Waals surface area contributed by atoms with Crippen molar-refractivity contribution in [2.45, 2.75) is 6.54 Å². The first-order chi connectivity index (χ1) is 12.4. The van der Waals surface area contributed by atoms with Gasteiger partial charge in [0.05, 0.1) is 12.5 Å². The van der Waals surface area contributed by atoms with Gasteiger partial charge in [0.25, 0.3) is 11.5 Å². The van der Waals surface area contributed by atoms with Crippen molar-refractivity contribution in [1.29, 1.82) is 0 Å². The van der Waals surface area contributed by atoms with Crippen LogP contribution in [0.3, 0.4) is 0 Å². The van der Waals surface area contributed by atoms with Gasteiger partial charge >= 0.3 is 5.69 Å². The summed E-state index contributed by atoms with van der Waals surface area (Å²) in [6.45, 7) is -0.156. The second-order valence-corrected chi connectivity index (χ2v) is 6.42. The third-order valence-electron chi connectivity index (χ3n) is 3.83. The van der Waals surface area contributed by atoms with Gasteiger partial charge in [-0.25, -0.2) is 15.2 Å². The van der Waals surface area contributed by atoms with Crippen LogP contribution in [0.25, 0.3) is 11.2 Å². The summed E-state index contributed by atoms with van der Waals surface area (Å²) in [6.07, 6.45) is 2.86. The fraction of sp³-hybridized carbons (Fsp3) is 0.188. The van der Waals surface area contributed by atoms with Gasteiger partial charge in [-0.05, 0) is 6.07 Å². The maximum atomic E-state index is 12.3. The maximum Gasteiger partial charge on any atom is 0.332 e. The number of rotatable bonds is 4. The number of nitrogens with zero attached hydrogens (tertiary/aromatic N) is 5. The van der Waals surface area contributed by atoms with E-state index in [4.69, 9.17) is 0 Å². The van der Waals surface area contributed by atoms with Crippen molar-refractivity contribution in [3.05, 3.63) is 61.5 Å². The van der Waals surface area contributed by atoms with Gasteiger partial charge < -0.3 is 4.57 Å². The summed E-state index contributed by atoms with van der Waals surface area (Å²) in [5, 5.41) is 3.91. The van der Waals surface area contributed by atoms with Crippen molar-refractivity contribution >= 4 is 39.2 Å². The Bertz CT molecular complexity index is 1140. The maximum absolute atomic E-state index is 12.3. The summed E-state index contributed by atoms with van der Waals surface area (Å²) < 4.78 is 4.48. The molecular formula is C16H15BrN6O3. The van der Waals surface area contributed by atoms with Crippen LogP contribution in [0.15, 0.2) is 49.8 Å². The molecule has 3 aromatic rings. The highest BCUT2D eigenvalue weighted by Crippen LogP contribution is 2.13. The molecule has 0 fully saturated rings. The number of hydrogen-bond donors (Lipinski definition) is 1. The molecule has 0 saturated carbocycles. The predicted octanol–water partition coefficient (Wildman–Crippen LogP) is 0.347. The first-order valence-corrected chi connectivity index (χ1v) is 8.36. The van der Waals surface area contributed by atoms with Gasteiger partial charge in [0.15, 0.2) is 11.2 Å². The second kappa shape index (κ2) is 7.08. The number of imidazole rings is 1. The van der Waals surface area contributed by atoms with E-state index in [2.05, 4.69) is 31.4 Å². The molecule has 134 valence electrons. The van der Waals surface area contributed by atoms with E-state index in [0.717, 1.165) is 14.6 Å². The average molecular weight is 419 g/mol. The second-order valence-electron chi connectivity index (χ2n) is 5.57. The number of amides is 1. The molecule has 1 aromatic carbocycles. The van der Waals surface area contributed by atoms with Crippen LogP contribution in [0, 0.1) is 0 Å². The van der Waals surface area contributed by atoms with E-state index in [-0.39, 0.29) is 17.7 Å². The number of hydrogen-bond acceptors (Lipinski definition) is 5. The summed E-state index contributed by atoms with van der Waals surface area (Å²) in [6, 6.07) is 7.43. The van der Waals surface area contributed by atoms with Gasteiger partial charge in [-0.1, -0.05) is 34.1 Å². The monoisotopic (exact) mass is 418 g/mol. The minimum Gasteiger partial charge on any atom is -0.315 e. The summed E-state index contributed by atoms with van der Waals surface area (Å²) in [5.74, 6) is -0.427. The number of benzene rings is 1. The summed E-state index contributed by atoms with van der Waals surface area (Å²) in [5.41, 5.74) is 2.63. The van der Waals surface area contributed by atoms with E-state index >= 15 is 0 Å². The number of fused-ring (bicyclic) bond motifs is 1. The Labute approximate surface area is 155 Å². The molecule has 0 bridgehead atoms. The quantitative estimate of drug-likeness (QED) is 0.487. The number of carbonyl (C=O) groups excluding carboxylic acids is 1. The molecule has 0 unspecified atom stereocenters. The topological polar surface area (TPSA) is 103 Å². The Morgan fingerprint density at radius 2 is 2.00 bits per heavy atom. The van der Waals surface area contributed by atoms with Gasteiger partial charge in [-0.3, -0.25) is 18.7 Å². The van der Waals surface area contributed by atoms with Crippen LogP contribution < -0.4 is 16.7 Å². The fourth-order valence-electron chi connectivity index (χ4n) is 2.46. The molecule has 0 aliphatic heterocycles. The number of halogens is 1. The van der Waals surface area contributed by atoms with Crippen LogP contribution in [0.2, 0.25) is 0 Å². The number of aromatic nitrogens is 4. The average Bonchev–Trinajstić information content (AvgIpc) is 3.03. The smallest absolute Gasteiger partial charge is 0.315 e. The van der Waals surface area contributed by atoms with Crippen LogP contribution in [-0.2, 0) is 25.4 Å². The Morgan fingerprint density at radius 1 is 1.27 bits per heavy atom. The molecule has 26 heavy (non-hydrogen) atoms. The van der Waals surface area contributed by atoms with Crippen LogP contribution in [-0.4, -0.2) is 30.8 Å². The van der Waals surface area contributed by atoms with E-state index in [0.29, 0.717) is 0 Å². The van der Waals surface area contributed by atoms with Crippen LogP contribution in [0.1, 0.15) is 5.56 Å². The Hall–Kier alpha value is -3.01. The molecule has 0 aliphatic carbocycles. The largest absolute Gasteiger partial charge is 0.332 e. The van der Waals surface area contributed by atoms with Crippen molar-refractivity contribution in [3.63, 3.8) is 0 Å². The van der Waals surface area contributed by atoms with E-state index in [1.807, 2.05) is 24.3 Å². The summed E-state index contributed by atoms with van der Waals surface area (Å²) in [4.78, 5) is 40.4. The molecule has 0 spiro atoms. The van der Waals surface area contributed by atoms with E-state index in [1.54, 1.807) is 0 Å². The highest BCUT2D eigenvalue weighted by Gasteiger charge is 2.15. The van der Waals surface area contributed by atoms with Crippen molar-refractivity contribution in [2.24, 2.45) is 19.2 Å². The lowest BCUT2D eigenvalue weighted by molar-refractivity contribution is -0.121. The van der Waals surface area contributed by atoms with Gasteiger partial charge in [-0.15, -0.1) is 0 Å². The van der Waals surface area contributed by atoms with Crippen molar-refractivity contribution in [2.75, 3.05) is 0 Å². The SMILES string of the molecule is Cn1c(=O)c2c(ncn2CC(=O)N/N=C/c2ccccc2Br)n(C)c1=O. The van der Waals surface area contributed by atoms with Crippen LogP contribution in [0.4, 0.5) is 0 Å². The number of nitrogens with one attached hydrogen (secondary N) is 1. The lowest BCUT2D eigenvalue weighted by Crippen LogP contribution is -2.38. The van der Waals surface area contributed by atoms with Crippen molar-refractivity contribution in [3.8, 4) is 0 Å². The highest BCUT2D eigenvalue weighted by molar-refractivity contribution is 9.10. The normalized spacial score (nSPS) is 11.3. The van der Waals surface area contributed by atoms with Crippen LogP contribution in [0.5, 0.6) is 0 Å². The van der Waals surface area contributed by atoms with Gasteiger partial charge in [0.2, 0.25) is 0 Å². The Balaban J connectivity index is 1.81. The molecule has 2 heterocycles. The third-order valence-corrected chi connectivity index (χ3v) is 4.55. The molecule has 0 saturated heterocycles.